The third kappa shape index (κ3) is 2.49. The molecule has 0 atom stereocenters. The molecule has 0 aromatic carbocycles. The van der Waals surface area contributed by atoms with Gasteiger partial charge in [-0.05, 0) is 42.3 Å². The first-order valence-corrected chi connectivity index (χ1v) is 7.11. The van der Waals surface area contributed by atoms with Crippen molar-refractivity contribution in [3.63, 3.8) is 0 Å². The molecule has 18 heavy (non-hydrogen) atoms. The molecule has 3 rings (SSSR count). The molecule has 0 fully saturated rings. The van der Waals surface area contributed by atoms with Crippen molar-refractivity contribution in [2.45, 2.75) is 42.4 Å². The quantitative estimate of drug-likeness (QED) is 0.625. The van der Waals surface area contributed by atoms with Crippen LogP contribution in [-0.4, -0.2) is 24.7 Å². The Morgan fingerprint density at radius 3 is 3.06 bits per heavy atom. The minimum atomic E-state index is 0.260. The number of hydrogen-bond acceptors (Lipinski definition) is 5. The average molecular weight is 282 g/mol. The first-order chi connectivity index (χ1) is 8.83. The van der Waals surface area contributed by atoms with E-state index in [1.807, 2.05) is 6.07 Å². The lowest BCUT2D eigenvalue weighted by atomic mass is 10.2. The zero-order valence-corrected chi connectivity index (χ0v) is 11.3. The number of hydrogen-bond donors (Lipinski definition) is 0. The van der Waals surface area contributed by atoms with E-state index in [-0.39, 0.29) is 5.28 Å². The summed E-state index contributed by atoms with van der Waals surface area (Å²) in [6.45, 7) is 0.990. The fraction of sp³-hybridized carbons (Fsp3) is 0.455. The number of fused-ring (bicyclic) bond motifs is 1. The van der Waals surface area contributed by atoms with Gasteiger partial charge in [-0.1, -0.05) is 6.42 Å². The second kappa shape index (κ2) is 5.24. The van der Waals surface area contributed by atoms with E-state index < -0.39 is 0 Å². The predicted octanol–water partition coefficient (Wildman–Crippen LogP) is 2.60. The van der Waals surface area contributed by atoms with E-state index in [1.165, 1.54) is 31.0 Å². The van der Waals surface area contributed by atoms with E-state index in [1.54, 1.807) is 6.20 Å². The molecule has 2 aromatic rings. The molecule has 0 saturated heterocycles. The highest BCUT2D eigenvalue weighted by Gasteiger charge is 2.15. The van der Waals surface area contributed by atoms with Gasteiger partial charge in [-0.15, -0.1) is 10.2 Å². The van der Waals surface area contributed by atoms with Crippen LogP contribution in [0.25, 0.3) is 0 Å². The number of rotatable bonds is 2. The molecule has 7 heteroatoms. The Balaban J connectivity index is 1.87. The molecule has 0 unspecified atom stereocenters. The third-order valence-electron chi connectivity index (χ3n) is 2.87. The van der Waals surface area contributed by atoms with Crippen molar-refractivity contribution in [3.05, 3.63) is 23.4 Å². The molecule has 0 aliphatic carbocycles. The lowest BCUT2D eigenvalue weighted by Gasteiger charge is -2.05. The summed E-state index contributed by atoms with van der Waals surface area (Å²) in [6, 6.07) is 1.83. The van der Waals surface area contributed by atoms with E-state index in [2.05, 4.69) is 24.7 Å². The summed E-state index contributed by atoms with van der Waals surface area (Å²) in [5, 5.41) is 10.4. The van der Waals surface area contributed by atoms with Gasteiger partial charge in [0.15, 0.2) is 5.16 Å². The Hall–Kier alpha value is -1.14. The van der Waals surface area contributed by atoms with Crippen LogP contribution in [0.1, 0.15) is 25.1 Å². The van der Waals surface area contributed by atoms with Gasteiger partial charge in [-0.25, -0.2) is 9.97 Å². The zero-order valence-electron chi connectivity index (χ0n) is 9.71. The first-order valence-electron chi connectivity index (χ1n) is 5.91. The number of nitrogens with zero attached hydrogens (tertiary/aromatic N) is 5. The summed E-state index contributed by atoms with van der Waals surface area (Å²) in [6.07, 6.45) is 6.30. The van der Waals surface area contributed by atoms with Gasteiger partial charge in [-0.3, -0.25) is 0 Å². The van der Waals surface area contributed by atoms with Gasteiger partial charge >= 0.3 is 0 Å². The van der Waals surface area contributed by atoms with Crippen LogP contribution in [0, 0.1) is 0 Å². The fourth-order valence-electron chi connectivity index (χ4n) is 2.00. The van der Waals surface area contributed by atoms with Gasteiger partial charge in [0.2, 0.25) is 5.28 Å². The lowest BCUT2D eigenvalue weighted by molar-refractivity contribution is 0.590. The van der Waals surface area contributed by atoms with Crippen molar-refractivity contribution < 1.29 is 0 Å². The highest BCUT2D eigenvalue weighted by atomic mass is 35.5. The second-order valence-electron chi connectivity index (χ2n) is 4.13. The van der Waals surface area contributed by atoms with E-state index in [4.69, 9.17) is 11.6 Å². The molecule has 0 spiro atoms. The molecule has 94 valence electrons. The van der Waals surface area contributed by atoms with Crippen molar-refractivity contribution in [1.29, 1.82) is 0 Å². The maximum Gasteiger partial charge on any atom is 0.223 e. The normalized spacial score (nSPS) is 15.2. The van der Waals surface area contributed by atoms with Crippen LogP contribution in [-0.2, 0) is 13.0 Å². The summed E-state index contributed by atoms with van der Waals surface area (Å²) >= 11 is 7.26. The van der Waals surface area contributed by atoms with Crippen molar-refractivity contribution in [1.82, 2.24) is 24.7 Å². The smallest absolute Gasteiger partial charge is 0.223 e. The van der Waals surface area contributed by atoms with E-state index >= 15 is 0 Å². The van der Waals surface area contributed by atoms with E-state index in [9.17, 15) is 0 Å². The Labute approximate surface area is 114 Å². The molecule has 0 saturated carbocycles. The molecule has 0 radical (unpaired) electrons. The standard InChI is InChI=1S/C11H12ClN5S/c12-10-13-6-5-9(14-10)18-11-16-15-8-4-2-1-3-7-17(8)11/h5-6H,1-4,7H2. The molecule has 1 aliphatic heterocycles. The zero-order chi connectivity index (χ0) is 12.4. The minimum absolute atomic E-state index is 0.260. The van der Waals surface area contributed by atoms with Crippen LogP contribution >= 0.6 is 23.4 Å². The van der Waals surface area contributed by atoms with Gasteiger partial charge in [0, 0.05) is 19.2 Å². The maximum atomic E-state index is 5.78. The van der Waals surface area contributed by atoms with Crippen molar-refractivity contribution >= 4 is 23.4 Å². The molecule has 0 N–H and O–H groups in total. The summed E-state index contributed by atoms with van der Waals surface area (Å²) < 4.78 is 2.19. The molecule has 0 bridgehead atoms. The van der Waals surface area contributed by atoms with Crippen molar-refractivity contribution in [2.75, 3.05) is 0 Å². The van der Waals surface area contributed by atoms with Crippen LogP contribution in [0.2, 0.25) is 5.28 Å². The molecule has 5 nitrogen and oxygen atoms in total. The highest BCUT2D eigenvalue weighted by Crippen LogP contribution is 2.27. The minimum Gasteiger partial charge on any atom is -0.306 e. The Morgan fingerprint density at radius 1 is 1.22 bits per heavy atom. The van der Waals surface area contributed by atoms with E-state index in [0.717, 1.165) is 29.0 Å². The van der Waals surface area contributed by atoms with E-state index in [0.29, 0.717) is 0 Å². The van der Waals surface area contributed by atoms with Crippen LogP contribution in [0.5, 0.6) is 0 Å². The third-order valence-corrected chi connectivity index (χ3v) is 3.98. The second-order valence-corrected chi connectivity index (χ2v) is 5.45. The average Bonchev–Trinajstić information content (AvgIpc) is 2.60. The SMILES string of the molecule is Clc1nccc(Sc2nnc3n2CCCCC3)n1. The summed E-state index contributed by atoms with van der Waals surface area (Å²) in [4.78, 5) is 8.03. The molecule has 1 aliphatic rings. The topological polar surface area (TPSA) is 56.5 Å². The number of aryl methyl sites for hydroxylation is 1. The summed E-state index contributed by atoms with van der Waals surface area (Å²) in [7, 11) is 0. The molecule has 3 heterocycles. The summed E-state index contributed by atoms with van der Waals surface area (Å²) in [5.74, 6) is 1.08. The Kier molecular flexibility index (Phi) is 3.47. The van der Waals surface area contributed by atoms with Gasteiger partial charge in [0.25, 0.3) is 0 Å². The van der Waals surface area contributed by atoms with Gasteiger partial charge in [0.05, 0.1) is 0 Å². The predicted molar refractivity (Wildman–Crippen MR) is 68.7 cm³/mol. The molecular formula is C11H12ClN5S. The first kappa shape index (κ1) is 11.9. The number of halogens is 1. The number of aromatic nitrogens is 5. The van der Waals surface area contributed by atoms with Crippen molar-refractivity contribution in [3.8, 4) is 0 Å². The fourth-order valence-corrected chi connectivity index (χ4v) is 3.04. The maximum absolute atomic E-state index is 5.78. The largest absolute Gasteiger partial charge is 0.306 e. The van der Waals surface area contributed by atoms with Gasteiger partial charge in [0.1, 0.15) is 10.9 Å². The Morgan fingerprint density at radius 2 is 2.17 bits per heavy atom. The van der Waals surface area contributed by atoms with Crippen LogP contribution in [0.15, 0.2) is 22.4 Å². The van der Waals surface area contributed by atoms with Crippen LogP contribution in [0.4, 0.5) is 0 Å². The Bertz CT molecular complexity index is 556. The van der Waals surface area contributed by atoms with Crippen LogP contribution in [0.3, 0.4) is 0 Å². The van der Waals surface area contributed by atoms with Gasteiger partial charge < -0.3 is 4.57 Å². The molecular weight excluding hydrogens is 270 g/mol. The lowest BCUT2D eigenvalue weighted by Crippen LogP contribution is -2.02. The molecule has 2 aromatic heterocycles. The summed E-state index contributed by atoms with van der Waals surface area (Å²) in [5.41, 5.74) is 0. The van der Waals surface area contributed by atoms with Crippen LogP contribution < -0.4 is 0 Å². The monoisotopic (exact) mass is 281 g/mol. The highest BCUT2D eigenvalue weighted by molar-refractivity contribution is 7.99. The van der Waals surface area contributed by atoms with Crippen molar-refractivity contribution in [2.24, 2.45) is 0 Å². The van der Waals surface area contributed by atoms with Gasteiger partial charge in [-0.2, -0.15) is 0 Å². The molecule has 0 amide bonds.